The van der Waals surface area contributed by atoms with Crippen LogP contribution in [0.3, 0.4) is 0 Å². The van der Waals surface area contributed by atoms with E-state index in [1.54, 1.807) is 87.5 Å². The van der Waals surface area contributed by atoms with Crippen LogP contribution in [0.4, 0.5) is 17.1 Å². The minimum Gasteiger partial charge on any atom is -0.496 e. The van der Waals surface area contributed by atoms with Gasteiger partial charge in [0, 0.05) is 69.3 Å². The molecule has 0 N–H and O–H groups in total. The number of esters is 3. The Bertz CT molecular complexity index is 2130. The van der Waals surface area contributed by atoms with Crippen LogP contribution >= 0.6 is 11.6 Å². The first kappa shape index (κ1) is 58.8. The number of amides is 3. The first-order chi connectivity index (χ1) is 31.5. The van der Waals surface area contributed by atoms with Crippen molar-refractivity contribution in [2.45, 2.75) is 106 Å². The summed E-state index contributed by atoms with van der Waals surface area (Å²) in [7, 11) is 7.42. The van der Waals surface area contributed by atoms with E-state index in [2.05, 4.69) is 4.74 Å². The summed E-state index contributed by atoms with van der Waals surface area (Å²) in [5.74, 6) is 0.131. The molecule has 0 aliphatic carbocycles. The number of unbranched alkanes of at least 4 members (excludes halogenated alkanes) is 1. The molecule has 1 heterocycles. The van der Waals surface area contributed by atoms with E-state index in [1.165, 1.54) is 58.0 Å². The highest BCUT2D eigenvalue weighted by Crippen LogP contribution is 2.32. The summed E-state index contributed by atoms with van der Waals surface area (Å²) in [4.78, 5) is 84.0. The Balaban J connectivity index is 0.000000452. The van der Waals surface area contributed by atoms with Gasteiger partial charge in [0.2, 0.25) is 17.7 Å². The molecule has 0 radical (unpaired) electrons. The molecule has 2 atom stereocenters. The van der Waals surface area contributed by atoms with Crippen molar-refractivity contribution in [3.8, 4) is 11.5 Å². The summed E-state index contributed by atoms with van der Waals surface area (Å²) >= 11 is 5.93. The van der Waals surface area contributed by atoms with Gasteiger partial charge in [-0.1, -0.05) is 44.9 Å². The van der Waals surface area contributed by atoms with Gasteiger partial charge in [0.15, 0.2) is 0 Å². The number of non-ortho nitro benzene ring substituents is 1. The van der Waals surface area contributed by atoms with Crippen molar-refractivity contribution in [3.63, 3.8) is 0 Å². The number of halogens is 1. The monoisotopic (exact) mass is 956 g/mol. The number of carbonyl (C=O) groups is 6. The Morgan fingerprint density at radius 1 is 0.881 bits per heavy atom. The minimum absolute atomic E-state index is 0.0462. The average molecular weight is 958 g/mol. The molecule has 370 valence electrons. The smallest absolute Gasteiger partial charge is 0.338 e. The maximum Gasteiger partial charge on any atom is 0.338 e. The number of benzene rings is 3. The van der Waals surface area contributed by atoms with Crippen molar-refractivity contribution in [1.82, 2.24) is 4.90 Å². The van der Waals surface area contributed by atoms with Gasteiger partial charge in [-0.15, -0.1) is 0 Å². The lowest BCUT2D eigenvalue weighted by atomic mass is 9.92. The van der Waals surface area contributed by atoms with E-state index in [0.29, 0.717) is 40.9 Å². The molecule has 0 saturated carbocycles. The van der Waals surface area contributed by atoms with E-state index in [-0.39, 0.29) is 64.7 Å². The number of nitrogens with zero attached hydrogens (tertiary/aromatic N) is 4. The molecular formula is C49H69ClN4O13. The number of hydrogen-bond donors (Lipinski definition) is 0. The van der Waals surface area contributed by atoms with Crippen LogP contribution in [0.2, 0.25) is 5.02 Å². The summed E-state index contributed by atoms with van der Waals surface area (Å²) in [5, 5.41) is 11.2. The molecule has 1 fully saturated rings. The molecule has 1 aliphatic heterocycles. The van der Waals surface area contributed by atoms with Gasteiger partial charge in [0.05, 0.1) is 56.6 Å². The molecule has 67 heavy (non-hydrogen) atoms. The molecule has 1 aliphatic rings. The van der Waals surface area contributed by atoms with Gasteiger partial charge in [0.1, 0.15) is 17.5 Å². The molecular weight excluding hydrogens is 888 g/mol. The van der Waals surface area contributed by atoms with Gasteiger partial charge in [0.25, 0.3) is 5.69 Å². The van der Waals surface area contributed by atoms with Crippen LogP contribution in [-0.4, -0.2) is 107 Å². The minimum atomic E-state index is -0.789. The van der Waals surface area contributed by atoms with Crippen LogP contribution in [0.25, 0.3) is 0 Å². The normalized spacial score (nSPS) is 13.2. The van der Waals surface area contributed by atoms with Crippen LogP contribution in [0, 0.1) is 15.5 Å². The fraction of sp³-hybridized carbons (Fsp3) is 0.510. The zero-order valence-electron chi connectivity index (χ0n) is 41.3. The molecule has 0 bridgehead atoms. The Kier molecular flexibility index (Phi) is 25.8. The Morgan fingerprint density at radius 3 is 2.03 bits per heavy atom. The first-order valence-electron chi connectivity index (χ1n) is 21.9. The number of ether oxygens (including phenoxy) is 5. The quantitative estimate of drug-likeness (QED) is 0.0459. The van der Waals surface area contributed by atoms with Gasteiger partial charge in [-0.05, 0) is 94.3 Å². The number of nitro groups is 1. The third-order valence-electron chi connectivity index (χ3n) is 10.7. The first-order valence-corrected chi connectivity index (χ1v) is 22.3. The molecule has 17 nitrogen and oxygen atoms in total. The lowest BCUT2D eigenvalue weighted by molar-refractivity contribution is -0.385. The Morgan fingerprint density at radius 2 is 1.52 bits per heavy atom. The maximum atomic E-state index is 11.9. The SMILES string of the molecule is CCC(C)c1cc([N+](=O)[O-])ccc1OC.CCCCOC(=O)c1ccc(OC)c(N(C)C(C)=O)c1.COC(=O)C(C)(C)CN(C(C)=O)c1cccc(Cl)c1.COC(=O)C1CCCCN1C(C)=O. The van der Waals surface area contributed by atoms with E-state index in [1.807, 2.05) is 20.8 Å². The number of nitro benzene ring substituents is 1. The summed E-state index contributed by atoms with van der Waals surface area (Å²) in [5.41, 5.74) is 1.84. The number of hydrogen-bond acceptors (Lipinski definition) is 13. The Hall–Kier alpha value is -6.23. The van der Waals surface area contributed by atoms with Gasteiger partial charge < -0.3 is 38.4 Å². The van der Waals surface area contributed by atoms with Gasteiger partial charge in [-0.3, -0.25) is 29.3 Å². The standard InChI is InChI=1S/C15H21NO4.C14H18ClNO3.C11H15NO3.C9H15NO3/c1-5-6-9-20-15(18)12-7-8-14(19-4)13(10-12)16(3)11(2)17;1-10(17)16(9-14(2,3)13(18)19-4)12-7-5-6-11(15)8-12;1-4-8(2)10-7-9(12(13)14)5-6-11(10)15-3;1-7(11)10-6-4-3-5-8(10)9(12)13-2/h7-8,10H,5-6,9H2,1-4H3;5-8H,9H2,1-4H3;5-8H,4H2,1-3H3;8H,3-6H2,1-2H3. The molecule has 1 saturated heterocycles. The fourth-order valence-corrected chi connectivity index (χ4v) is 6.72. The second-order valence-electron chi connectivity index (χ2n) is 16.2. The van der Waals surface area contributed by atoms with Crippen LogP contribution < -0.4 is 19.3 Å². The van der Waals surface area contributed by atoms with Crippen LogP contribution in [0.1, 0.15) is 116 Å². The molecule has 2 unspecified atom stereocenters. The largest absolute Gasteiger partial charge is 0.496 e. The highest BCUT2D eigenvalue weighted by molar-refractivity contribution is 6.30. The molecule has 3 amide bonds. The summed E-state index contributed by atoms with van der Waals surface area (Å²) in [6, 6.07) is 16.2. The molecule has 18 heteroatoms. The predicted octanol–water partition coefficient (Wildman–Crippen LogP) is 9.20. The van der Waals surface area contributed by atoms with Crippen molar-refractivity contribution in [2.75, 3.05) is 65.0 Å². The molecule has 0 spiro atoms. The van der Waals surface area contributed by atoms with Crippen molar-refractivity contribution in [2.24, 2.45) is 5.41 Å². The van der Waals surface area contributed by atoms with E-state index >= 15 is 0 Å². The molecule has 3 aromatic carbocycles. The molecule has 0 aromatic heterocycles. The third-order valence-corrected chi connectivity index (χ3v) is 11.0. The number of likely N-dealkylation sites (tertiary alicyclic amines) is 1. The topological polar surface area (TPSA) is 201 Å². The molecule has 4 rings (SSSR count). The zero-order valence-corrected chi connectivity index (χ0v) is 42.0. The second-order valence-corrected chi connectivity index (χ2v) is 16.6. The summed E-state index contributed by atoms with van der Waals surface area (Å²) < 4.78 is 24.9. The third kappa shape index (κ3) is 18.9. The molecule has 3 aromatic rings. The second kappa shape index (κ2) is 29.4. The number of carbonyl (C=O) groups excluding carboxylic acids is 6. The number of piperidine rings is 1. The van der Waals surface area contributed by atoms with E-state index in [9.17, 15) is 38.9 Å². The summed E-state index contributed by atoms with van der Waals surface area (Å²) in [6.45, 7) is 15.3. The van der Waals surface area contributed by atoms with E-state index in [0.717, 1.165) is 49.8 Å². The Labute approximate surface area is 400 Å². The van der Waals surface area contributed by atoms with Crippen molar-refractivity contribution >= 4 is 64.3 Å². The van der Waals surface area contributed by atoms with E-state index in [4.69, 9.17) is 30.5 Å². The van der Waals surface area contributed by atoms with Crippen molar-refractivity contribution < 1.29 is 57.4 Å². The van der Waals surface area contributed by atoms with Crippen LogP contribution in [0.15, 0.2) is 60.7 Å². The van der Waals surface area contributed by atoms with E-state index < -0.39 is 5.41 Å². The highest BCUT2D eigenvalue weighted by Gasteiger charge is 2.33. The van der Waals surface area contributed by atoms with Gasteiger partial charge >= 0.3 is 17.9 Å². The number of methoxy groups -OCH3 is 4. The lowest BCUT2D eigenvalue weighted by Gasteiger charge is -2.32. The average Bonchev–Trinajstić information content (AvgIpc) is 3.32. The van der Waals surface area contributed by atoms with Gasteiger partial charge in [-0.2, -0.15) is 0 Å². The van der Waals surface area contributed by atoms with Crippen LogP contribution in [-0.2, 0) is 38.2 Å². The number of rotatable bonds is 15. The summed E-state index contributed by atoms with van der Waals surface area (Å²) in [6.07, 6.45) is 5.43. The predicted molar refractivity (Wildman–Crippen MR) is 258 cm³/mol. The number of anilines is 2. The zero-order chi connectivity index (χ0) is 51.0. The highest BCUT2D eigenvalue weighted by atomic mass is 35.5. The lowest BCUT2D eigenvalue weighted by Crippen LogP contribution is -2.47. The van der Waals surface area contributed by atoms with Crippen molar-refractivity contribution in [3.05, 3.63) is 86.9 Å². The van der Waals surface area contributed by atoms with Crippen LogP contribution in [0.5, 0.6) is 11.5 Å². The van der Waals surface area contributed by atoms with Crippen molar-refractivity contribution in [1.29, 1.82) is 0 Å². The maximum absolute atomic E-state index is 11.9. The van der Waals surface area contributed by atoms with Gasteiger partial charge in [-0.25, -0.2) is 9.59 Å². The fourth-order valence-electron chi connectivity index (χ4n) is 6.54.